The Hall–Kier alpha value is -2.94. The fraction of sp³-hybridized carbons (Fsp3) is 0.333. The quantitative estimate of drug-likeness (QED) is 0.853. The van der Waals surface area contributed by atoms with E-state index in [0.717, 1.165) is 5.56 Å². The highest BCUT2D eigenvalue weighted by atomic mass is 16.7. The normalized spacial score (nSPS) is 25.2. The van der Waals surface area contributed by atoms with Gasteiger partial charge >= 0.3 is 0 Å². The van der Waals surface area contributed by atoms with Crippen LogP contribution in [0.3, 0.4) is 0 Å². The molecule has 0 spiro atoms. The van der Waals surface area contributed by atoms with Gasteiger partial charge in [-0.1, -0.05) is 13.0 Å². The molecule has 0 unspecified atom stereocenters. The number of rotatable bonds is 1. The van der Waals surface area contributed by atoms with Crippen LogP contribution in [0.2, 0.25) is 0 Å². The average Bonchev–Trinajstić information content (AvgIpc) is 3.00. The van der Waals surface area contributed by atoms with Crippen LogP contribution in [0.1, 0.15) is 31.2 Å². The molecule has 0 saturated heterocycles. The molecule has 0 bridgehead atoms. The number of nitriles is 1. The molecule has 1 aliphatic carbocycles. The second-order valence-corrected chi connectivity index (χ2v) is 6.31. The molecule has 2 heterocycles. The largest absolute Gasteiger partial charge is 0.454 e. The van der Waals surface area contributed by atoms with E-state index in [-0.39, 0.29) is 30.0 Å². The van der Waals surface area contributed by atoms with Crippen LogP contribution in [0.25, 0.3) is 0 Å². The van der Waals surface area contributed by atoms with Crippen LogP contribution in [0.5, 0.6) is 11.5 Å². The summed E-state index contributed by atoms with van der Waals surface area (Å²) in [6.07, 6.45) is 1.09. The van der Waals surface area contributed by atoms with Gasteiger partial charge in [0.25, 0.3) is 0 Å². The number of carbonyl (C=O) groups is 1. The summed E-state index contributed by atoms with van der Waals surface area (Å²) >= 11 is 0. The van der Waals surface area contributed by atoms with Crippen molar-refractivity contribution in [3.63, 3.8) is 0 Å². The van der Waals surface area contributed by atoms with Crippen LogP contribution in [0, 0.1) is 17.2 Å². The van der Waals surface area contributed by atoms with Crippen molar-refractivity contribution in [2.24, 2.45) is 11.7 Å². The molecule has 4 rings (SSSR count). The Balaban J connectivity index is 1.87. The maximum absolute atomic E-state index is 12.7. The Morgan fingerprint density at radius 2 is 2.04 bits per heavy atom. The molecule has 1 aromatic carbocycles. The van der Waals surface area contributed by atoms with E-state index >= 15 is 0 Å². The molecule has 0 fully saturated rings. The predicted octanol–water partition coefficient (Wildman–Crippen LogP) is 2.48. The van der Waals surface area contributed by atoms with E-state index in [2.05, 4.69) is 6.07 Å². The van der Waals surface area contributed by atoms with Gasteiger partial charge < -0.3 is 19.9 Å². The van der Waals surface area contributed by atoms with Crippen LogP contribution >= 0.6 is 0 Å². The Morgan fingerprint density at radius 3 is 2.83 bits per heavy atom. The summed E-state index contributed by atoms with van der Waals surface area (Å²) in [5.41, 5.74) is 7.54. The number of hydrogen-bond donors (Lipinski definition) is 1. The van der Waals surface area contributed by atoms with Gasteiger partial charge in [-0.25, -0.2) is 0 Å². The number of nitrogens with two attached hydrogens (primary N) is 1. The second-order valence-electron chi connectivity index (χ2n) is 6.31. The van der Waals surface area contributed by atoms with Gasteiger partial charge in [0, 0.05) is 18.4 Å². The number of carbonyl (C=O) groups excluding carboxylic acids is 1. The third-order valence-electron chi connectivity index (χ3n) is 4.59. The zero-order valence-electron chi connectivity index (χ0n) is 13.2. The first kappa shape index (κ1) is 14.6. The van der Waals surface area contributed by atoms with Crippen LogP contribution in [0.15, 0.2) is 41.0 Å². The molecule has 2 aliphatic heterocycles. The number of allylic oxidation sites excluding steroid dienone is 3. The standard InChI is InChI=1S/C18H16N2O4/c1-9-4-12(21)17-15(5-9)24-18(20)11(7-19)16(17)10-2-3-13-14(6-10)23-8-22-13/h2-3,6,9,16H,4-5,8,20H2,1H3/t9-,16+/m1/s1. The van der Waals surface area contributed by atoms with Crippen molar-refractivity contribution in [3.05, 3.63) is 46.6 Å². The van der Waals surface area contributed by atoms with Crippen molar-refractivity contribution in [2.75, 3.05) is 6.79 Å². The molecule has 6 nitrogen and oxygen atoms in total. The summed E-state index contributed by atoms with van der Waals surface area (Å²) in [6, 6.07) is 7.53. The van der Waals surface area contributed by atoms with Crippen LogP contribution in [-0.4, -0.2) is 12.6 Å². The smallest absolute Gasteiger partial charge is 0.231 e. The zero-order valence-corrected chi connectivity index (χ0v) is 13.2. The van der Waals surface area contributed by atoms with Gasteiger partial charge in [0.15, 0.2) is 17.3 Å². The number of ether oxygens (including phenoxy) is 3. The van der Waals surface area contributed by atoms with Crippen LogP contribution < -0.4 is 15.2 Å². The van der Waals surface area contributed by atoms with Crippen molar-refractivity contribution in [2.45, 2.75) is 25.7 Å². The minimum atomic E-state index is -0.520. The number of Topliss-reactive ketones (excluding diaryl/α,β-unsaturated/α-hetero) is 1. The van der Waals surface area contributed by atoms with Gasteiger partial charge in [0.2, 0.25) is 12.7 Å². The average molecular weight is 324 g/mol. The van der Waals surface area contributed by atoms with E-state index in [0.29, 0.717) is 35.7 Å². The Bertz CT molecular complexity index is 847. The van der Waals surface area contributed by atoms with Gasteiger partial charge in [-0.2, -0.15) is 5.26 Å². The SMILES string of the molecule is C[C@@H]1CC(=O)C2=C(C1)OC(N)=C(C#N)[C@@H]2c1ccc2c(c1)OCO2. The first-order valence-corrected chi connectivity index (χ1v) is 7.82. The molecular formula is C18H16N2O4. The van der Waals surface area contributed by atoms with Crippen LogP contribution in [-0.2, 0) is 9.53 Å². The highest BCUT2D eigenvalue weighted by Crippen LogP contribution is 2.46. The van der Waals surface area contributed by atoms with Gasteiger partial charge in [-0.15, -0.1) is 0 Å². The molecule has 2 atom stereocenters. The minimum absolute atomic E-state index is 0.00617. The lowest BCUT2D eigenvalue weighted by Crippen LogP contribution is -2.29. The first-order chi connectivity index (χ1) is 11.6. The second kappa shape index (κ2) is 5.31. The Morgan fingerprint density at radius 1 is 1.25 bits per heavy atom. The number of hydrogen-bond acceptors (Lipinski definition) is 6. The summed E-state index contributed by atoms with van der Waals surface area (Å²) < 4.78 is 16.4. The summed E-state index contributed by atoms with van der Waals surface area (Å²) in [7, 11) is 0. The van der Waals surface area contributed by atoms with Crippen molar-refractivity contribution in [1.82, 2.24) is 0 Å². The Labute approximate surface area is 139 Å². The lowest BCUT2D eigenvalue weighted by atomic mass is 9.75. The Kier molecular flexibility index (Phi) is 3.24. The maximum Gasteiger partial charge on any atom is 0.231 e. The van der Waals surface area contributed by atoms with E-state index < -0.39 is 5.92 Å². The lowest BCUT2D eigenvalue weighted by molar-refractivity contribution is -0.117. The lowest BCUT2D eigenvalue weighted by Gasteiger charge is -2.33. The van der Waals surface area contributed by atoms with E-state index in [1.165, 1.54) is 0 Å². The zero-order chi connectivity index (χ0) is 16.8. The van der Waals surface area contributed by atoms with Crippen molar-refractivity contribution < 1.29 is 19.0 Å². The molecule has 3 aliphatic rings. The first-order valence-electron chi connectivity index (χ1n) is 7.82. The third kappa shape index (κ3) is 2.13. The van der Waals surface area contributed by atoms with E-state index in [1.807, 2.05) is 13.0 Å². The van der Waals surface area contributed by atoms with E-state index in [4.69, 9.17) is 19.9 Å². The summed E-state index contributed by atoms with van der Waals surface area (Å²) in [6.45, 7) is 2.17. The highest BCUT2D eigenvalue weighted by molar-refractivity contribution is 5.99. The van der Waals surface area contributed by atoms with Gasteiger partial charge in [-0.05, 0) is 23.6 Å². The molecule has 1 aromatic rings. The monoisotopic (exact) mass is 324 g/mol. The molecule has 0 aromatic heterocycles. The van der Waals surface area contributed by atoms with Crippen LogP contribution in [0.4, 0.5) is 0 Å². The molecular weight excluding hydrogens is 308 g/mol. The number of fused-ring (bicyclic) bond motifs is 1. The van der Waals surface area contributed by atoms with Crippen molar-refractivity contribution in [3.8, 4) is 17.6 Å². The third-order valence-corrected chi connectivity index (χ3v) is 4.59. The highest BCUT2D eigenvalue weighted by Gasteiger charge is 2.40. The van der Waals surface area contributed by atoms with Gasteiger partial charge in [0.05, 0.1) is 5.92 Å². The number of nitrogens with zero attached hydrogens (tertiary/aromatic N) is 1. The summed E-state index contributed by atoms with van der Waals surface area (Å²) in [4.78, 5) is 12.7. The molecule has 24 heavy (non-hydrogen) atoms. The molecule has 0 saturated carbocycles. The van der Waals surface area contributed by atoms with Gasteiger partial charge in [-0.3, -0.25) is 4.79 Å². The summed E-state index contributed by atoms with van der Waals surface area (Å²) in [5.74, 6) is 1.59. The number of benzene rings is 1. The van der Waals surface area contributed by atoms with Crippen molar-refractivity contribution >= 4 is 5.78 Å². The summed E-state index contributed by atoms with van der Waals surface area (Å²) in [5, 5.41) is 9.56. The van der Waals surface area contributed by atoms with Gasteiger partial charge in [0.1, 0.15) is 17.4 Å². The maximum atomic E-state index is 12.7. The fourth-order valence-corrected chi connectivity index (χ4v) is 3.52. The molecule has 6 heteroatoms. The molecule has 2 N–H and O–H groups in total. The van der Waals surface area contributed by atoms with E-state index in [1.54, 1.807) is 12.1 Å². The fourth-order valence-electron chi connectivity index (χ4n) is 3.52. The van der Waals surface area contributed by atoms with E-state index in [9.17, 15) is 10.1 Å². The number of ketones is 1. The minimum Gasteiger partial charge on any atom is -0.454 e. The molecule has 0 radical (unpaired) electrons. The predicted molar refractivity (Wildman–Crippen MR) is 83.6 cm³/mol. The van der Waals surface area contributed by atoms with Crippen molar-refractivity contribution in [1.29, 1.82) is 5.26 Å². The topological polar surface area (TPSA) is 94.6 Å². The molecule has 122 valence electrons. The molecule has 0 amide bonds.